The predicted octanol–water partition coefficient (Wildman–Crippen LogP) is 4.96. The van der Waals surface area contributed by atoms with Crippen LogP contribution in [0.25, 0.3) is 0 Å². The first kappa shape index (κ1) is 30.1. The van der Waals surface area contributed by atoms with Gasteiger partial charge in [-0.3, -0.25) is 9.59 Å². The second kappa shape index (κ2) is 13.7. The van der Waals surface area contributed by atoms with Gasteiger partial charge in [0.1, 0.15) is 0 Å². The zero-order chi connectivity index (χ0) is 29.6. The zero-order valence-electron chi connectivity index (χ0n) is 25.4. The first-order chi connectivity index (χ1) is 20.4. The number of fused-ring (bicyclic) bond motifs is 1. The molecule has 1 saturated carbocycles. The number of nitrogens with two attached hydrogens (primary N) is 1. The molecule has 2 aromatic carbocycles. The molecule has 5 rings (SSSR count). The van der Waals surface area contributed by atoms with E-state index in [4.69, 9.17) is 20.3 Å². The van der Waals surface area contributed by atoms with Crippen molar-refractivity contribution in [1.29, 1.82) is 0 Å². The van der Waals surface area contributed by atoms with Crippen LogP contribution in [0.15, 0.2) is 47.6 Å². The summed E-state index contributed by atoms with van der Waals surface area (Å²) in [4.78, 5) is 28.9. The molecule has 0 unspecified atom stereocenters. The van der Waals surface area contributed by atoms with Crippen LogP contribution in [0.5, 0.6) is 11.5 Å². The molecule has 42 heavy (non-hydrogen) atoms. The highest BCUT2D eigenvalue weighted by molar-refractivity contribution is 6.07. The number of aryl methyl sites for hydroxylation is 1. The topological polar surface area (TPSA) is 97.5 Å². The van der Waals surface area contributed by atoms with Gasteiger partial charge >= 0.3 is 0 Å². The molecule has 226 valence electrons. The molecule has 0 bridgehead atoms. The molecule has 0 spiro atoms. The van der Waals surface area contributed by atoms with Gasteiger partial charge in [0.05, 0.1) is 32.0 Å². The van der Waals surface area contributed by atoms with Crippen LogP contribution in [-0.4, -0.2) is 66.8 Å². The van der Waals surface area contributed by atoms with Gasteiger partial charge in [-0.05, 0) is 74.3 Å². The third-order valence-electron chi connectivity index (χ3n) is 9.29. The van der Waals surface area contributed by atoms with E-state index in [0.29, 0.717) is 43.9 Å². The minimum absolute atomic E-state index is 0.0182. The molecule has 2 aromatic rings. The Morgan fingerprint density at radius 2 is 1.62 bits per heavy atom. The highest BCUT2D eigenvalue weighted by Gasteiger charge is 2.44. The number of rotatable bonds is 10. The number of unbranched alkanes of at least 4 members (excludes halogenated alkanes) is 1. The summed E-state index contributed by atoms with van der Waals surface area (Å²) in [7, 11) is 3.26. The maximum Gasteiger partial charge on any atom is 0.246 e. The van der Waals surface area contributed by atoms with Crippen LogP contribution in [0.4, 0.5) is 0 Å². The van der Waals surface area contributed by atoms with Crippen molar-refractivity contribution in [1.82, 2.24) is 9.91 Å². The summed E-state index contributed by atoms with van der Waals surface area (Å²) in [5.74, 6) is 1.50. The molecule has 2 amide bonds. The van der Waals surface area contributed by atoms with E-state index in [9.17, 15) is 9.59 Å². The van der Waals surface area contributed by atoms with Crippen molar-refractivity contribution < 1.29 is 19.1 Å². The van der Waals surface area contributed by atoms with Crippen molar-refractivity contribution in [2.45, 2.75) is 83.2 Å². The van der Waals surface area contributed by atoms with Crippen LogP contribution in [0, 0.1) is 11.8 Å². The van der Waals surface area contributed by atoms with E-state index < -0.39 is 6.04 Å². The summed E-state index contributed by atoms with van der Waals surface area (Å²) in [6, 6.07) is 13.8. The minimum Gasteiger partial charge on any atom is -0.493 e. The molecule has 0 aromatic heterocycles. The van der Waals surface area contributed by atoms with Gasteiger partial charge < -0.3 is 20.1 Å². The fourth-order valence-electron chi connectivity index (χ4n) is 6.82. The lowest BCUT2D eigenvalue weighted by Gasteiger charge is -2.43. The van der Waals surface area contributed by atoms with E-state index in [0.717, 1.165) is 48.9 Å². The molecule has 2 heterocycles. The summed E-state index contributed by atoms with van der Waals surface area (Å²) in [5.41, 5.74) is 10.7. The number of methoxy groups -OCH3 is 2. The molecule has 0 radical (unpaired) electrons. The van der Waals surface area contributed by atoms with Crippen molar-refractivity contribution in [3.05, 3.63) is 59.2 Å². The normalized spacial score (nSPS) is 21.9. The summed E-state index contributed by atoms with van der Waals surface area (Å²) in [6.07, 6.45) is 9.36. The molecular formula is C34H46N4O4. The molecule has 3 aliphatic rings. The monoisotopic (exact) mass is 574 g/mol. The maximum atomic E-state index is 13.7. The third kappa shape index (κ3) is 6.48. The van der Waals surface area contributed by atoms with Crippen molar-refractivity contribution in [3.63, 3.8) is 0 Å². The van der Waals surface area contributed by atoms with Crippen molar-refractivity contribution >= 4 is 17.5 Å². The molecule has 2 N–H and O–H groups in total. The number of hydrogen-bond acceptors (Lipinski definition) is 6. The Kier molecular flexibility index (Phi) is 9.83. The van der Waals surface area contributed by atoms with Crippen molar-refractivity contribution in [3.8, 4) is 11.5 Å². The molecular weight excluding hydrogens is 528 g/mol. The number of hydrazone groups is 1. The Balaban J connectivity index is 1.26. The lowest BCUT2D eigenvalue weighted by Crippen LogP contribution is -2.54. The van der Waals surface area contributed by atoms with Crippen molar-refractivity contribution in [2.75, 3.05) is 27.3 Å². The number of benzene rings is 2. The largest absolute Gasteiger partial charge is 0.493 e. The van der Waals surface area contributed by atoms with Crippen LogP contribution in [0.2, 0.25) is 0 Å². The molecule has 1 saturated heterocycles. The highest BCUT2D eigenvalue weighted by atomic mass is 16.5. The van der Waals surface area contributed by atoms with Crippen LogP contribution in [0.1, 0.15) is 75.0 Å². The number of carbonyl (C=O) groups excluding carboxylic acids is 2. The van der Waals surface area contributed by atoms with Gasteiger partial charge in [-0.2, -0.15) is 5.10 Å². The lowest BCUT2D eigenvalue weighted by molar-refractivity contribution is -0.143. The smallest absolute Gasteiger partial charge is 0.246 e. The SMILES string of the molecule is CCCCc1ccc(C[C@@H](N)C(=O)N2CCC(N3N=C(c4ccc(OC)c(OC)c4)[C@H]4CCCC[C@H]4C3=O)CC2)cc1. The minimum atomic E-state index is -0.572. The molecule has 2 fully saturated rings. The Hall–Kier alpha value is -3.39. The number of carbonyl (C=O) groups is 2. The van der Waals surface area contributed by atoms with E-state index in [1.807, 2.05) is 23.1 Å². The third-order valence-corrected chi connectivity index (χ3v) is 9.29. The molecule has 3 atom stereocenters. The molecule has 8 heteroatoms. The average molecular weight is 575 g/mol. The van der Waals surface area contributed by atoms with Gasteiger partial charge in [0.15, 0.2) is 11.5 Å². The average Bonchev–Trinajstić information content (AvgIpc) is 3.04. The van der Waals surface area contributed by atoms with Gasteiger partial charge in [0.25, 0.3) is 0 Å². The Bertz CT molecular complexity index is 1270. The summed E-state index contributed by atoms with van der Waals surface area (Å²) >= 11 is 0. The molecule has 8 nitrogen and oxygen atoms in total. The Morgan fingerprint density at radius 1 is 0.952 bits per heavy atom. The standard InChI is InChI=1S/C34H46N4O4/c1-4-5-8-23-11-13-24(14-12-23)21-29(35)34(40)37-19-17-26(18-20-37)38-33(39)28-10-7-6-9-27(28)32(36-38)25-15-16-30(41-2)31(22-25)42-3/h11-16,22,26-29H,4-10,17-21,35H2,1-3H3/t27-,28+,29+/m0/s1. The number of hydrogen-bond donors (Lipinski definition) is 1. The molecule has 1 aliphatic carbocycles. The van der Waals surface area contributed by atoms with Gasteiger partial charge in [0.2, 0.25) is 11.8 Å². The first-order valence-electron chi connectivity index (χ1n) is 15.7. The van der Waals surface area contributed by atoms with Crippen LogP contribution in [0.3, 0.4) is 0 Å². The van der Waals surface area contributed by atoms with E-state index in [-0.39, 0.29) is 29.7 Å². The fourth-order valence-corrected chi connectivity index (χ4v) is 6.82. The van der Waals surface area contributed by atoms with Crippen molar-refractivity contribution in [2.24, 2.45) is 22.7 Å². The fraction of sp³-hybridized carbons (Fsp3) is 0.559. The predicted molar refractivity (Wildman–Crippen MR) is 165 cm³/mol. The van der Waals surface area contributed by atoms with Crippen LogP contribution in [-0.2, 0) is 22.4 Å². The Morgan fingerprint density at radius 3 is 2.29 bits per heavy atom. The van der Waals surface area contributed by atoms with Crippen LogP contribution < -0.4 is 15.2 Å². The zero-order valence-corrected chi connectivity index (χ0v) is 25.4. The number of ether oxygens (including phenoxy) is 2. The summed E-state index contributed by atoms with van der Waals surface area (Å²) in [6.45, 7) is 3.35. The number of likely N-dealkylation sites (tertiary alicyclic amines) is 1. The van der Waals surface area contributed by atoms with Gasteiger partial charge in [-0.1, -0.05) is 50.5 Å². The van der Waals surface area contributed by atoms with Crippen LogP contribution >= 0.6 is 0 Å². The van der Waals surface area contributed by atoms with Gasteiger partial charge in [-0.15, -0.1) is 0 Å². The van der Waals surface area contributed by atoms with E-state index in [1.54, 1.807) is 19.2 Å². The number of amides is 2. The first-order valence-corrected chi connectivity index (χ1v) is 15.7. The summed E-state index contributed by atoms with van der Waals surface area (Å²) < 4.78 is 11.0. The second-order valence-corrected chi connectivity index (χ2v) is 12.0. The van der Waals surface area contributed by atoms with Gasteiger partial charge in [-0.25, -0.2) is 5.01 Å². The number of nitrogens with zero attached hydrogens (tertiary/aromatic N) is 3. The summed E-state index contributed by atoms with van der Waals surface area (Å²) in [5, 5.41) is 6.78. The number of piperidine rings is 1. The lowest BCUT2D eigenvalue weighted by atomic mass is 9.73. The second-order valence-electron chi connectivity index (χ2n) is 12.0. The van der Waals surface area contributed by atoms with Gasteiger partial charge in [0, 0.05) is 30.5 Å². The van der Waals surface area contributed by atoms with E-state index in [1.165, 1.54) is 18.4 Å². The maximum absolute atomic E-state index is 13.7. The Labute approximate surface area is 250 Å². The quantitative estimate of drug-likeness (QED) is 0.433. The highest BCUT2D eigenvalue weighted by Crippen LogP contribution is 2.40. The van der Waals surface area contributed by atoms with E-state index >= 15 is 0 Å². The molecule has 2 aliphatic heterocycles. The van der Waals surface area contributed by atoms with E-state index in [2.05, 4.69) is 31.2 Å².